The van der Waals surface area contributed by atoms with Crippen LogP contribution >= 0.6 is 11.3 Å². The van der Waals surface area contributed by atoms with Crippen LogP contribution in [-0.2, 0) is 14.3 Å². The van der Waals surface area contributed by atoms with Crippen LogP contribution in [-0.4, -0.2) is 29.4 Å². The summed E-state index contributed by atoms with van der Waals surface area (Å²) in [5.41, 5.74) is 1.68. The topological polar surface area (TPSA) is 97.4 Å². The van der Waals surface area contributed by atoms with E-state index in [1.54, 1.807) is 12.1 Å². The summed E-state index contributed by atoms with van der Waals surface area (Å²) in [6, 6.07) is 7.27. The van der Waals surface area contributed by atoms with Gasteiger partial charge in [0, 0.05) is 18.0 Å². The highest BCUT2D eigenvalue weighted by Gasteiger charge is 2.14. The van der Waals surface area contributed by atoms with Crippen molar-refractivity contribution in [3.63, 3.8) is 0 Å². The van der Waals surface area contributed by atoms with Crippen molar-refractivity contribution in [1.29, 1.82) is 0 Å². The van der Waals surface area contributed by atoms with Crippen molar-refractivity contribution in [3.05, 3.63) is 40.9 Å². The molecule has 1 aromatic carbocycles. The Labute approximate surface area is 136 Å². The van der Waals surface area contributed by atoms with Crippen LogP contribution in [0.2, 0.25) is 0 Å². The van der Waals surface area contributed by atoms with Gasteiger partial charge in [-0.15, -0.1) is 11.3 Å². The summed E-state index contributed by atoms with van der Waals surface area (Å²) >= 11 is 1.10. The molecular weight excluding hydrogens is 318 g/mol. The minimum absolute atomic E-state index is 0.0436. The number of hydrogen-bond donors (Lipinski definition) is 2. The molecule has 2 N–H and O–H groups in total. The van der Waals surface area contributed by atoms with Crippen molar-refractivity contribution in [1.82, 2.24) is 4.98 Å². The van der Waals surface area contributed by atoms with Crippen LogP contribution in [0.1, 0.15) is 23.0 Å². The van der Waals surface area contributed by atoms with Gasteiger partial charge in [-0.2, -0.15) is 0 Å². The van der Waals surface area contributed by atoms with Crippen molar-refractivity contribution >= 4 is 39.9 Å². The van der Waals surface area contributed by atoms with Crippen molar-refractivity contribution in [3.8, 4) is 0 Å². The smallest absolute Gasteiger partial charge is 0.358 e. The van der Waals surface area contributed by atoms with Gasteiger partial charge < -0.3 is 15.4 Å². The molecule has 0 aliphatic carbocycles. The molecular formula is C15H15N3O4S. The molecule has 7 nitrogen and oxygen atoms in total. The van der Waals surface area contributed by atoms with Crippen molar-refractivity contribution < 1.29 is 19.1 Å². The van der Waals surface area contributed by atoms with Gasteiger partial charge >= 0.3 is 5.97 Å². The van der Waals surface area contributed by atoms with E-state index in [0.29, 0.717) is 10.8 Å². The molecule has 8 heteroatoms. The van der Waals surface area contributed by atoms with E-state index in [9.17, 15) is 14.4 Å². The van der Waals surface area contributed by atoms with Gasteiger partial charge in [-0.05, 0) is 24.6 Å². The number of hydrogen-bond acceptors (Lipinski definition) is 6. The number of benzene rings is 1. The number of anilines is 2. The van der Waals surface area contributed by atoms with Crippen LogP contribution in [0.5, 0.6) is 0 Å². The maximum atomic E-state index is 11.8. The van der Waals surface area contributed by atoms with E-state index in [1.807, 2.05) is 19.1 Å². The molecule has 0 bridgehead atoms. The van der Waals surface area contributed by atoms with E-state index < -0.39 is 18.5 Å². The zero-order valence-corrected chi connectivity index (χ0v) is 13.4. The molecule has 2 rings (SSSR count). The van der Waals surface area contributed by atoms with E-state index >= 15 is 0 Å². The normalized spacial score (nSPS) is 10.0. The van der Waals surface area contributed by atoms with E-state index in [2.05, 4.69) is 15.6 Å². The molecule has 1 heterocycles. The lowest BCUT2D eigenvalue weighted by atomic mass is 10.2. The van der Waals surface area contributed by atoms with Crippen LogP contribution in [0, 0.1) is 6.92 Å². The molecule has 0 atom stereocenters. The fourth-order valence-electron chi connectivity index (χ4n) is 1.70. The van der Waals surface area contributed by atoms with E-state index in [0.717, 1.165) is 16.9 Å². The Bertz CT molecular complexity index is 742. The lowest BCUT2D eigenvalue weighted by Crippen LogP contribution is -2.21. The van der Waals surface area contributed by atoms with Gasteiger partial charge in [-0.25, -0.2) is 9.78 Å². The zero-order valence-electron chi connectivity index (χ0n) is 12.6. The lowest BCUT2D eigenvalue weighted by molar-refractivity contribution is -0.119. The Morgan fingerprint density at radius 2 is 2.04 bits per heavy atom. The second-order valence-electron chi connectivity index (χ2n) is 4.71. The Morgan fingerprint density at radius 3 is 2.74 bits per heavy atom. The van der Waals surface area contributed by atoms with Crippen LogP contribution in [0.4, 0.5) is 10.8 Å². The van der Waals surface area contributed by atoms with Gasteiger partial charge in [0.2, 0.25) is 5.91 Å². The first-order valence-corrected chi connectivity index (χ1v) is 7.59. The second kappa shape index (κ2) is 7.50. The highest BCUT2D eigenvalue weighted by Crippen LogP contribution is 2.16. The molecule has 2 aromatic rings. The number of nitrogens with one attached hydrogen (secondary N) is 2. The molecule has 2 amide bonds. The largest absolute Gasteiger partial charge is 0.451 e. The Morgan fingerprint density at radius 1 is 1.26 bits per heavy atom. The Hall–Kier alpha value is -2.74. The Kier molecular flexibility index (Phi) is 5.42. The van der Waals surface area contributed by atoms with Gasteiger partial charge in [-0.3, -0.25) is 9.59 Å². The number of rotatable bonds is 5. The number of aryl methyl sites for hydroxylation is 1. The predicted octanol–water partition coefficient (Wildman–Crippen LogP) is 2.21. The maximum Gasteiger partial charge on any atom is 0.358 e. The van der Waals surface area contributed by atoms with Crippen LogP contribution in [0.3, 0.4) is 0 Å². The average molecular weight is 333 g/mol. The summed E-state index contributed by atoms with van der Waals surface area (Å²) < 4.78 is 4.89. The quantitative estimate of drug-likeness (QED) is 0.818. The molecule has 120 valence electrons. The van der Waals surface area contributed by atoms with Gasteiger partial charge in [0.25, 0.3) is 5.91 Å². The number of aromatic nitrogens is 1. The minimum Gasteiger partial charge on any atom is -0.451 e. The molecule has 0 saturated carbocycles. The molecule has 0 fully saturated rings. The lowest BCUT2D eigenvalue weighted by Gasteiger charge is -2.06. The first-order chi connectivity index (χ1) is 10.9. The highest BCUT2D eigenvalue weighted by atomic mass is 32.1. The minimum atomic E-state index is -0.725. The van der Waals surface area contributed by atoms with Crippen LogP contribution < -0.4 is 10.6 Å². The second-order valence-corrected chi connectivity index (χ2v) is 5.57. The Balaban J connectivity index is 1.85. The van der Waals surface area contributed by atoms with Crippen molar-refractivity contribution in [2.24, 2.45) is 0 Å². The average Bonchev–Trinajstić information content (AvgIpc) is 2.92. The fourth-order valence-corrected chi connectivity index (χ4v) is 2.43. The number of esters is 1. The summed E-state index contributed by atoms with van der Waals surface area (Å²) in [4.78, 5) is 38.3. The third-order valence-electron chi connectivity index (χ3n) is 2.63. The van der Waals surface area contributed by atoms with Crippen molar-refractivity contribution in [2.45, 2.75) is 13.8 Å². The molecule has 0 aliphatic heterocycles. The number of thiazole rings is 1. The summed E-state index contributed by atoms with van der Waals surface area (Å²) in [7, 11) is 0. The molecule has 0 saturated heterocycles. The molecule has 23 heavy (non-hydrogen) atoms. The molecule has 0 spiro atoms. The van der Waals surface area contributed by atoms with E-state index in [4.69, 9.17) is 4.74 Å². The van der Waals surface area contributed by atoms with E-state index in [-0.39, 0.29) is 11.6 Å². The van der Waals surface area contributed by atoms with Gasteiger partial charge in [0.05, 0.1) is 0 Å². The van der Waals surface area contributed by atoms with Gasteiger partial charge in [0.1, 0.15) is 0 Å². The molecule has 0 aliphatic rings. The maximum absolute atomic E-state index is 11.8. The van der Waals surface area contributed by atoms with Crippen LogP contribution in [0.25, 0.3) is 0 Å². The summed E-state index contributed by atoms with van der Waals surface area (Å²) in [5, 5.41) is 6.84. The SMILES string of the molecule is CC(=O)Nc1nc(C(=O)OCC(=O)Nc2cccc(C)c2)cs1. The number of carbonyl (C=O) groups is 3. The molecule has 1 aromatic heterocycles. The fraction of sp³-hybridized carbons (Fsp3) is 0.200. The number of carbonyl (C=O) groups excluding carboxylic acids is 3. The third kappa shape index (κ3) is 5.19. The number of amides is 2. The number of nitrogens with zero attached hydrogens (tertiary/aromatic N) is 1. The van der Waals surface area contributed by atoms with Crippen molar-refractivity contribution in [2.75, 3.05) is 17.2 Å². The first kappa shape index (κ1) is 16.6. The monoisotopic (exact) mass is 333 g/mol. The predicted molar refractivity (Wildman–Crippen MR) is 86.5 cm³/mol. The summed E-state index contributed by atoms with van der Waals surface area (Å²) in [6.07, 6.45) is 0. The number of ether oxygens (including phenoxy) is 1. The third-order valence-corrected chi connectivity index (χ3v) is 3.39. The van der Waals surface area contributed by atoms with Gasteiger partial charge in [0.15, 0.2) is 17.4 Å². The summed E-state index contributed by atoms with van der Waals surface area (Å²) in [6.45, 7) is 2.83. The first-order valence-electron chi connectivity index (χ1n) is 6.71. The molecule has 0 radical (unpaired) electrons. The van der Waals surface area contributed by atoms with Crippen LogP contribution in [0.15, 0.2) is 29.6 Å². The molecule has 0 unspecified atom stereocenters. The van der Waals surface area contributed by atoms with E-state index in [1.165, 1.54) is 12.3 Å². The van der Waals surface area contributed by atoms with Gasteiger partial charge in [-0.1, -0.05) is 12.1 Å². The highest BCUT2D eigenvalue weighted by molar-refractivity contribution is 7.14. The zero-order chi connectivity index (χ0) is 16.8. The summed E-state index contributed by atoms with van der Waals surface area (Å²) in [5.74, 6) is -1.45. The standard InChI is InChI=1S/C15H15N3O4S/c1-9-4-3-5-11(6-9)17-13(20)7-22-14(21)12-8-23-15(18-12)16-10(2)19/h3-6,8H,7H2,1-2H3,(H,17,20)(H,16,18,19).